The third-order valence-corrected chi connectivity index (χ3v) is 15.3. The lowest BCUT2D eigenvalue weighted by Gasteiger charge is -2.46. The molecule has 460 valence electrons. The number of aliphatic hydroxyl groups is 6. The summed E-state index contributed by atoms with van der Waals surface area (Å²) in [6, 6.07) is 2.05. The highest BCUT2D eigenvalue weighted by atomic mass is 32.2. The number of ketones is 1. The number of nitrogens with zero attached hydrogens (tertiary/aromatic N) is 2. The van der Waals surface area contributed by atoms with Crippen LogP contribution in [0.2, 0.25) is 0 Å². The maximum absolute atomic E-state index is 13.8. The van der Waals surface area contributed by atoms with Gasteiger partial charge in [0.15, 0.2) is 29.5 Å². The van der Waals surface area contributed by atoms with Crippen LogP contribution in [0.25, 0.3) is 0 Å². The number of sulfonamides is 1. The molecule has 81 heavy (non-hydrogen) atoms. The molecule has 1 aromatic carbocycles. The number of carbonyl (C=O) groups is 4. The Kier molecular flexibility index (Phi) is 23.0. The van der Waals surface area contributed by atoms with Gasteiger partial charge < -0.3 is 89.2 Å². The van der Waals surface area contributed by atoms with Gasteiger partial charge >= 0.3 is 18.3 Å². The van der Waals surface area contributed by atoms with Crippen LogP contribution in [0.15, 0.2) is 41.3 Å². The number of amides is 3. The monoisotopic (exact) mass is 1180 g/mol. The number of carbonyl (C=O) groups excluding carboxylic acids is 4. The molecule has 3 aliphatic heterocycles. The normalized spacial score (nSPS) is 32.4. The number of rotatable bonds is 21. The number of likely N-dealkylation sites (N-methyl/N-ethyl adjacent to an activating group) is 1. The maximum atomic E-state index is 13.8. The zero-order valence-electron chi connectivity index (χ0n) is 47.7. The molecule has 4 aliphatic rings. The van der Waals surface area contributed by atoms with Gasteiger partial charge in [-0.3, -0.25) is 14.9 Å². The lowest BCUT2D eigenvalue weighted by atomic mass is 9.74. The topological polar surface area (TPSA) is 389 Å². The van der Waals surface area contributed by atoms with Crippen molar-refractivity contribution >= 4 is 39.8 Å². The fraction of sp³-hybridized carbons (Fsp3) is 0.769. The average Bonchev–Trinajstić information content (AvgIpc) is 3.89. The van der Waals surface area contributed by atoms with E-state index in [2.05, 4.69) is 16.0 Å². The minimum Gasteiger partial charge on any atom is -0.444 e. The number of ether oxygens (including phenoxy) is 9. The summed E-state index contributed by atoms with van der Waals surface area (Å²) in [7, 11) is -3.36. The quantitative estimate of drug-likeness (QED) is 0.0365. The molecule has 1 saturated carbocycles. The smallest absolute Gasteiger partial charge is 0.408 e. The molecule has 29 heteroatoms. The van der Waals surface area contributed by atoms with Crippen molar-refractivity contribution in [3.8, 4) is 0 Å². The molecule has 1 aliphatic carbocycles. The van der Waals surface area contributed by atoms with Crippen LogP contribution in [-0.4, -0.2) is 214 Å². The number of nitro groups is 1. The summed E-state index contributed by atoms with van der Waals surface area (Å²) in [5, 5.41) is 87.7. The molecular weight excluding hydrogens is 1090 g/mol. The second-order valence-corrected chi connectivity index (χ2v) is 25.6. The Morgan fingerprint density at radius 2 is 1.33 bits per heavy atom. The molecule has 9 N–H and O–H groups in total. The largest absolute Gasteiger partial charge is 0.444 e. The number of benzene rings is 1. The van der Waals surface area contributed by atoms with E-state index in [9.17, 15) is 68.3 Å². The van der Waals surface area contributed by atoms with Gasteiger partial charge in [0.1, 0.15) is 71.6 Å². The highest BCUT2D eigenvalue weighted by Gasteiger charge is 2.55. The first-order valence-electron chi connectivity index (χ1n) is 26.8. The second-order valence-electron chi connectivity index (χ2n) is 23.6. The van der Waals surface area contributed by atoms with Crippen molar-refractivity contribution in [1.29, 1.82) is 0 Å². The molecule has 0 radical (unpaired) electrons. The van der Waals surface area contributed by atoms with E-state index in [1.807, 2.05) is 0 Å². The number of hydrogen-bond donors (Lipinski definition) is 9. The molecular formula is C52H83N5O23S. The summed E-state index contributed by atoms with van der Waals surface area (Å²) < 4.78 is 82.4. The molecule has 0 bridgehead atoms. The summed E-state index contributed by atoms with van der Waals surface area (Å²) in [6.07, 6.45) is -21.9. The molecule has 3 fully saturated rings. The van der Waals surface area contributed by atoms with Gasteiger partial charge in [0.05, 0.1) is 35.9 Å². The van der Waals surface area contributed by atoms with Crippen molar-refractivity contribution in [2.24, 2.45) is 11.8 Å². The van der Waals surface area contributed by atoms with E-state index in [0.29, 0.717) is 0 Å². The molecule has 1 aromatic rings. The van der Waals surface area contributed by atoms with Crippen LogP contribution in [0.1, 0.15) is 102 Å². The maximum Gasteiger partial charge on any atom is 0.408 e. The van der Waals surface area contributed by atoms with E-state index >= 15 is 0 Å². The summed E-state index contributed by atoms with van der Waals surface area (Å²) in [6.45, 7) is 16.6. The number of Topliss-reactive ketones (excluding diaryl/α,β-unsaturated/α-hetero) is 1. The van der Waals surface area contributed by atoms with Crippen molar-refractivity contribution < 1.29 is 106 Å². The standard InChI is InChI=1S/C52H83N5O23S/c1-13-33-38(62)39(63)36(55-49(67)80-52(9,10)11)45(73-33)76-42-34(25-58)74-46(40(42)64)77-43-37(61)27(23-32(60)31(59)20-21-53-47(65)78-50(3,4)5)22-26(2)41(43)75-44-29(54-48(66)79-51(6,7)8)19-18-28(72-44)24-56(12)81(70,71)35-17-15-14-16-30(35)57(68)69/h14-19,26-29,31,33-34,36-46,58-59,61-64H,13,20-25H2,1-12H3,(H,53,65)(H,54,66)(H,55,67)/t26-,27-,28-,29+,31-,33-,34+,36+,37-,38+,39+,40+,41+,42+,43+,44+,45+,46-/m0/s1. The fourth-order valence-corrected chi connectivity index (χ4v) is 11.0. The summed E-state index contributed by atoms with van der Waals surface area (Å²) in [4.78, 5) is 62.7. The van der Waals surface area contributed by atoms with Crippen LogP contribution in [0.4, 0.5) is 20.1 Å². The number of para-hydroxylation sites is 1. The number of aliphatic hydroxyl groups excluding tert-OH is 6. The zero-order chi connectivity index (χ0) is 60.7. The van der Waals surface area contributed by atoms with Crippen LogP contribution >= 0.6 is 0 Å². The van der Waals surface area contributed by atoms with Crippen molar-refractivity contribution in [2.75, 3.05) is 26.7 Å². The Morgan fingerprint density at radius 1 is 0.765 bits per heavy atom. The van der Waals surface area contributed by atoms with Crippen molar-refractivity contribution in [3.63, 3.8) is 0 Å². The van der Waals surface area contributed by atoms with Crippen molar-refractivity contribution in [3.05, 3.63) is 46.5 Å². The van der Waals surface area contributed by atoms with Gasteiger partial charge in [0.25, 0.3) is 5.69 Å². The third kappa shape index (κ3) is 18.4. The number of hydrogen-bond acceptors (Lipinski definition) is 23. The summed E-state index contributed by atoms with van der Waals surface area (Å²) in [5.74, 6) is -2.46. The summed E-state index contributed by atoms with van der Waals surface area (Å²) in [5.41, 5.74) is -3.46. The first-order chi connectivity index (χ1) is 37.5. The van der Waals surface area contributed by atoms with Crippen molar-refractivity contribution in [1.82, 2.24) is 20.3 Å². The minimum atomic E-state index is -4.54. The van der Waals surface area contributed by atoms with E-state index in [1.165, 1.54) is 31.3 Å². The first kappa shape index (κ1) is 67.1. The van der Waals surface area contributed by atoms with Crippen LogP contribution in [0, 0.1) is 22.0 Å². The van der Waals surface area contributed by atoms with Crippen LogP contribution in [0.5, 0.6) is 0 Å². The van der Waals surface area contributed by atoms with Crippen LogP contribution in [-0.2, 0) is 57.4 Å². The van der Waals surface area contributed by atoms with Crippen molar-refractivity contribution in [2.45, 2.75) is 222 Å². The second kappa shape index (κ2) is 27.8. The van der Waals surface area contributed by atoms with Gasteiger partial charge in [0.2, 0.25) is 10.0 Å². The fourth-order valence-electron chi connectivity index (χ4n) is 9.63. The number of nitrogens with one attached hydrogen (secondary N) is 3. The minimum absolute atomic E-state index is 0.00417. The molecule has 0 unspecified atom stereocenters. The van der Waals surface area contributed by atoms with E-state index in [0.717, 1.165) is 16.4 Å². The first-order valence-corrected chi connectivity index (χ1v) is 28.3. The Bertz CT molecular complexity index is 2450. The lowest BCUT2D eigenvalue weighted by molar-refractivity contribution is -0.387. The molecule has 2 saturated heterocycles. The molecule has 0 aromatic heterocycles. The predicted octanol–water partition coefficient (Wildman–Crippen LogP) is 1.63. The zero-order valence-corrected chi connectivity index (χ0v) is 48.5. The van der Waals surface area contributed by atoms with E-state index < -0.39 is 196 Å². The van der Waals surface area contributed by atoms with Gasteiger partial charge in [-0.05, 0) is 99.5 Å². The van der Waals surface area contributed by atoms with Gasteiger partial charge in [-0.25, -0.2) is 22.8 Å². The Morgan fingerprint density at radius 3 is 1.93 bits per heavy atom. The number of nitro benzene ring substituents is 1. The molecule has 18 atom stereocenters. The predicted molar refractivity (Wildman–Crippen MR) is 282 cm³/mol. The molecule has 3 amide bonds. The van der Waals surface area contributed by atoms with Gasteiger partial charge in [-0.2, -0.15) is 4.31 Å². The highest BCUT2D eigenvalue weighted by molar-refractivity contribution is 7.89. The van der Waals surface area contributed by atoms with E-state index in [4.69, 9.17) is 42.6 Å². The number of alkyl carbamates (subject to hydrolysis) is 3. The Balaban J connectivity index is 1.47. The average molecular weight is 1180 g/mol. The van der Waals surface area contributed by atoms with E-state index in [-0.39, 0.29) is 25.8 Å². The van der Waals surface area contributed by atoms with Gasteiger partial charge in [-0.15, -0.1) is 0 Å². The van der Waals surface area contributed by atoms with Gasteiger partial charge in [0, 0.05) is 32.6 Å². The Labute approximate surface area is 471 Å². The van der Waals surface area contributed by atoms with Crippen LogP contribution in [0.3, 0.4) is 0 Å². The highest BCUT2D eigenvalue weighted by Crippen LogP contribution is 2.40. The molecule has 3 heterocycles. The SMILES string of the molecule is CC[C@@H]1O[C@H](O[C@H]2[C@@H](O)[C@H](O[C@@H]3[C@@H](O)[C@H](CC(=O)[C@@H](O)CCNC(=O)OC(C)(C)C)C[C@H](C)[C@H]3O[C@H]3O[C@H](CN(C)S(=O)(=O)c4ccccc4[N+](=O)[O-])C=C[C@H]3NC(=O)OC(C)(C)C)O[C@@H]2CO)[C@H](NC(=O)OC(C)(C)C)[C@@H](O)[C@@H]1O. The van der Waals surface area contributed by atoms with Crippen LogP contribution < -0.4 is 16.0 Å². The third-order valence-electron chi connectivity index (χ3n) is 13.4. The van der Waals surface area contributed by atoms with Gasteiger partial charge in [-0.1, -0.05) is 38.1 Å². The lowest BCUT2D eigenvalue weighted by Crippen LogP contribution is -2.65. The molecule has 5 rings (SSSR count). The Hall–Kier alpha value is -4.73. The van der Waals surface area contributed by atoms with E-state index in [1.54, 1.807) is 76.2 Å². The summed E-state index contributed by atoms with van der Waals surface area (Å²) >= 11 is 0. The molecule has 28 nitrogen and oxygen atoms in total. The molecule has 0 spiro atoms.